The van der Waals surface area contributed by atoms with E-state index in [2.05, 4.69) is 0 Å². The Morgan fingerprint density at radius 2 is 1.89 bits per heavy atom. The summed E-state index contributed by atoms with van der Waals surface area (Å²) in [4.78, 5) is 23.8. The molecule has 2 aliphatic rings. The first-order chi connectivity index (χ1) is 13.4. The van der Waals surface area contributed by atoms with Gasteiger partial charge in [0, 0.05) is 19.5 Å². The monoisotopic (exact) mass is 401 g/mol. The van der Waals surface area contributed by atoms with E-state index in [1.54, 1.807) is 0 Å². The van der Waals surface area contributed by atoms with Crippen LogP contribution in [0.5, 0.6) is 0 Å². The number of fused-ring (bicyclic) bond motifs is 1. The van der Waals surface area contributed by atoms with Gasteiger partial charge in [0.25, 0.3) is 0 Å². The van der Waals surface area contributed by atoms with Crippen molar-refractivity contribution in [2.75, 3.05) is 13.2 Å². The molecule has 1 atom stereocenters. The maximum absolute atomic E-state index is 13.1. The third-order valence-electron chi connectivity index (χ3n) is 4.94. The molecule has 28 heavy (non-hydrogen) atoms. The van der Waals surface area contributed by atoms with Crippen LogP contribution in [0.3, 0.4) is 0 Å². The fraction of sp³-hybridized carbons (Fsp3) is 0.300. The number of benzene rings is 2. The summed E-state index contributed by atoms with van der Waals surface area (Å²) in [6.45, 7) is 0.880. The number of rotatable bonds is 4. The lowest BCUT2D eigenvalue weighted by molar-refractivity contribution is -0.145. The molecule has 0 radical (unpaired) electrons. The zero-order valence-electron chi connectivity index (χ0n) is 15.0. The van der Waals surface area contributed by atoms with Crippen LogP contribution in [-0.4, -0.2) is 43.9 Å². The second kappa shape index (κ2) is 7.37. The first-order valence-corrected chi connectivity index (χ1v) is 10.4. The van der Waals surface area contributed by atoms with Crippen molar-refractivity contribution < 1.29 is 27.5 Å². The molecule has 0 saturated carbocycles. The molecule has 1 fully saturated rings. The number of esters is 2. The van der Waals surface area contributed by atoms with Gasteiger partial charge >= 0.3 is 11.9 Å². The van der Waals surface area contributed by atoms with Gasteiger partial charge < -0.3 is 9.47 Å². The highest BCUT2D eigenvalue weighted by Crippen LogP contribution is 2.25. The molecule has 8 heteroatoms. The van der Waals surface area contributed by atoms with Crippen molar-refractivity contribution in [3.8, 4) is 0 Å². The Labute approximate surface area is 162 Å². The number of hydrogen-bond donors (Lipinski definition) is 0. The quantitative estimate of drug-likeness (QED) is 0.727. The van der Waals surface area contributed by atoms with E-state index >= 15 is 0 Å². The molecule has 0 unspecified atom stereocenters. The number of carbonyl (C=O) groups is 2. The molecular formula is C20H19NO6S. The lowest BCUT2D eigenvalue weighted by Gasteiger charge is -2.28. The SMILES string of the molecule is O=C(O[C@H]1CCOC1=O)c1cccc(S(=O)(=O)N2CCc3ccccc3C2)c1. The highest BCUT2D eigenvalue weighted by Gasteiger charge is 2.32. The number of cyclic esters (lactones) is 1. The fourth-order valence-electron chi connectivity index (χ4n) is 3.39. The average molecular weight is 401 g/mol. The van der Waals surface area contributed by atoms with E-state index in [0.717, 1.165) is 11.1 Å². The lowest BCUT2D eigenvalue weighted by Crippen LogP contribution is -2.36. The molecule has 0 aliphatic carbocycles. The average Bonchev–Trinajstić information content (AvgIpc) is 3.12. The Hall–Kier alpha value is -2.71. The summed E-state index contributed by atoms with van der Waals surface area (Å²) in [5, 5.41) is 0. The van der Waals surface area contributed by atoms with Crippen LogP contribution in [0, 0.1) is 0 Å². The van der Waals surface area contributed by atoms with Crippen molar-refractivity contribution in [3.63, 3.8) is 0 Å². The van der Waals surface area contributed by atoms with Crippen molar-refractivity contribution in [1.82, 2.24) is 4.31 Å². The lowest BCUT2D eigenvalue weighted by atomic mass is 10.0. The maximum atomic E-state index is 13.1. The van der Waals surface area contributed by atoms with Crippen LogP contribution < -0.4 is 0 Å². The molecular weight excluding hydrogens is 382 g/mol. The molecule has 2 aromatic carbocycles. The van der Waals surface area contributed by atoms with Crippen molar-refractivity contribution in [3.05, 3.63) is 65.2 Å². The number of nitrogens with zero attached hydrogens (tertiary/aromatic N) is 1. The first-order valence-electron chi connectivity index (χ1n) is 9.00. The Bertz CT molecular complexity index is 1030. The van der Waals surface area contributed by atoms with Crippen LogP contribution in [0.1, 0.15) is 27.9 Å². The van der Waals surface area contributed by atoms with Gasteiger partial charge in [0.2, 0.25) is 16.1 Å². The number of hydrogen-bond acceptors (Lipinski definition) is 6. The molecule has 146 valence electrons. The normalized spacial score (nSPS) is 19.7. The van der Waals surface area contributed by atoms with Gasteiger partial charge in [0.05, 0.1) is 17.1 Å². The van der Waals surface area contributed by atoms with Gasteiger partial charge in [-0.25, -0.2) is 18.0 Å². The molecule has 1 saturated heterocycles. The van der Waals surface area contributed by atoms with Gasteiger partial charge in [-0.1, -0.05) is 30.3 Å². The summed E-state index contributed by atoms with van der Waals surface area (Å²) in [5.41, 5.74) is 2.21. The summed E-state index contributed by atoms with van der Waals surface area (Å²) in [6, 6.07) is 13.5. The number of carbonyl (C=O) groups excluding carboxylic acids is 2. The van der Waals surface area contributed by atoms with Crippen LogP contribution >= 0.6 is 0 Å². The molecule has 2 aliphatic heterocycles. The predicted molar refractivity (Wildman–Crippen MR) is 99.0 cm³/mol. The van der Waals surface area contributed by atoms with Gasteiger partial charge in [0.15, 0.2) is 0 Å². The zero-order chi connectivity index (χ0) is 19.7. The van der Waals surface area contributed by atoms with Crippen LogP contribution in [0.2, 0.25) is 0 Å². The number of sulfonamides is 1. The minimum Gasteiger partial charge on any atom is -0.463 e. The van der Waals surface area contributed by atoms with Crippen LogP contribution in [0.15, 0.2) is 53.4 Å². The van der Waals surface area contributed by atoms with Crippen molar-refractivity contribution in [1.29, 1.82) is 0 Å². The number of ether oxygens (including phenoxy) is 2. The Kier molecular flexibility index (Phi) is 4.91. The van der Waals surface area contributed by atoms with E-state index in [0.29, 0.717) is 25.9 Å². The second-order valence-electron chi connectivity index (χ2n) is 6.74. The van der Waals surface area contributed by atoms with Gasteiger partial charge in [-0.3, -0.25) is 0 Å². The highest BCUT2D eigenvalue weighted by molar-refractivity contribution is 7.89. The third-order valence-corrected chi connectivity index (χ3v) is 6.78. The first kappa shape index (κ1) is 18.6. The molecule has 0 bridgehead atoms. The highest BCUT2D eigenvalue weighted by atomic mass is 32.2. The van der Waals surface area contributed by atoms with E-state index in [1.807, 2.05) is 24.3 Å². The smallest absolute Gasteiger partial charge is 0.347 e. The minimum atomic E-state index is -3.76. The van der Waals surface area contributed by atoms with E-state index < -0.39 is 28.1 Å². The zero-order valence-corrected chi connectivity index (χ0v) is 15.9. The molecule has 2 aromatic rings. The third kappa shape index (κ3) is 3.53. The fourth-order valence-corrected chi connectivity index (χ4v) is 4.85. The van der Waals surface area contributed by atoms with Crippen LogP contribution in [0.25, 0.3) is 0 Å². The summed E-state index contributed by atoms with van der Waals surface area (Å²) < 4.78 is 37.5. The molecule has 0 aromatic heterocycles. The maximum Gasteiger partial charge on any atom is 0.347 e. The van der Waals surface area contributed by atoms with Crippen LogP contribution in [0.4, 0.5) is 0 Å². The van der Waals surface area contributed by atoms with Crippen molar-refractivity contribution in [2.24, 2.45) is 0 Å². The summed E-state index contributed by atoms with van der Waals surface area (Å²) in [5.74, 6) is -1.33. The molecule has 0 N–H and O–H groups in total. The van der Waals surface area contributed by atoms with Gasteiger partial charge in [-0.2, -0.15) is 4.31 Å². The van der Waals surface area contributed by atoms with Crippen LogP contribution in [-0.2, 0) is 37.3 Å². The predicted octanol–water partition coefficient (Wildman–Crippen LogP) is 1.91. The van der Waals surface area contributed by atoms with E-state index in [4.69, 9.17) is 9.47 Å². The molecule has 0 spiro atoms. The van der Waals surface area contributed by atoms with Gasteiger partial charge in [0.1, 0.15) is 0 Å². The van der Waals surface area contributed by atoms with Crippen molar-refractivity contribution >= 4 is 22.0 Å². The largest absolute Gasteiger partial charge is 0.463 e. The molecule has 4 rings (SSSR count). The molecule has 2 heterocycles. The summed E-state index contributed by atoms with van der Waals surface area (Å²) in [7, 11) is -3.76. The van der Waals surface area contributed by atoms with E-state index in [9.17, 15) is 18.0 Å². The topological polar surface area (TPSA) is 90.0 Å². The van der Waals surface area contributed by atoms with E-state index in [-0.39, 0.29) is 17.1 Å². The van der Waals surface area contributed by atoms with E-state index in [1.165, 1.54) is 28.6 Å². The van der Waals surface area contributed by atoms with Crippen molar-refractivity contribution in [2.45, 2.75) is 30.4 Å². The van der Waals surface area contributed by atoms with Gasteiger partial charge in [-0.05, 0) is 35.7 Å². The second-order valence-corrected chi connectivity index (χ2v) is 8.67. The Morgan fingerprint density at radius 1 is 1.11 bits per heavy atom. The van der Waals surface area contributed by atoms with Gasteiger partial charge in [-0.15, -0.1) is 0 Å². The Morgan fingerprint density at radius 3 is 2.64 bits per heavy atom. The summed E-state index contributed by atoms with van der Waals surface area (Å²) in [6.07, 6.45) is 0.00259. The molecule has 0 amide bonds. The Balaban J connectivity index is 1.55. The standard InChI is InChI=1S/C20H19NO6S/c22-19(27-18-9-11-26-20(18)23)15-6-3-7-17(12-15)28(24,25)21-10-8-14-4-1-2-5-16(14)13-21/h1-7,12,18H,8-11,13H2/t18-/m0/s1. The molecule has 7 nitrogen and oxygen atoms in total. The minimum absolute atomic E-state index is 0.0235. The summed E-state index contributed by atoms with van der Waals surface area (Å²) >= 11 is 0.